The Labute approximate surface area is 194 Å². The summed E-state index contributed by atoms with van der Waals surface area (Å²) >= 11 is 5.78. The number of H-pyrrole nitrogens is 1. The number of anilines is 1. The van der Waals surface area contributed by atoms with E-state index in [9.17, 15) is 4.79 Å². The molecule has 1 aromatic heterocycles. The molecule has 2 heterocycles. The lowest BCUT2D eigenvalue weighted by atomic mass is 10.1. The molecule has 7 heteroatoms. The monoisotopic (exact) mass is 450 g/mol. The molecule has 0 aliphatic carbocycles. The molecule has 0 spiro atoms. The number of morpholine rings is 1. The van der Waals surface area contributed by atoms with Crippen molar-refractivity contribution >= 4 is 33.9 Å². The number of aromatic nitrogens is 1. The average Bonchev–Trinajstić information content (AvgIpc) is 2.79. The first-order valence-electron chi connectivity index (χ1n) is 11.0. The Hall–Kier alpha value is -2.74. The minimum Gasteiger partial charge on any atom is -0.379 e. The largest absolute Gasteiger partial charge is 0.379 e. The van der Waals surface area contributed by atoms with Crippen LogP contribution < -0.4 is 10.9 Å². The lowest BCUT2D eigenvalue weighted by Crippen LogP contribution is -2.44. The number of thiocarbonyl (C=S) groups is 1. The first kappa shape index (κ1) is 22.5. The normalized spacial score (nSPS) is 14.4. The van der Waals surface area contributed by atoms with Gasteiger partial charge in [0, 0.05) is 42.9 Å². The van der Waals surface area contributed by atoms with E-state index >= 15 is 0 Å². The van der Waals surface area contributed by atoms with Crippen molar-refractivity contribution in [2.45, 2.75) is 20.4 Å². The van der Waals surface area contributed by atoms with Crippen LogP contribution in [0.15, 0.2) is 53.3 Å². The van der Waals surface area contributed by atoms with E-state index < -0.39 is 0 Å². The van der Waals surface area contributed by atoms with Gasteiger partial charge in [-0.1, -0.05) is 29.3 Å². The minimum atomic E-state index is -0.0733. The summed E-state index contributed by atoms with van der Waals surface area (Å²) in [5.74, 6) is 0. The van der Waals surface area contributed by atoms with Gasteiger partial charge < -0.3 is 19.9 Å². The van der Waals surface area contributed by atoms with Crippen molar-refractivity contribution in [3.8, 4) is 0 Å². The molecule has 32 heavy (non-hydrogen) atoms. The lowest BCUT2D eigenvalue weighted by molar-refractivity contribution is 0.0358. The predicted molar refractivity (Wildman–Crippen MR) is 134 cm³/mol. The highest BCUT2D eigenvalue weighted by atomic mass is 32.1. The van der Waals surface area contributed by atoms with Crippen LogP contribution in [0.4, 0.5) is 5.69 Å². The fourth-order valence-electron chi connectivity index (χ4n) is 3.87. The first-order valence-corrected chi connectivity index (χ1v) is 11.4. The molecule has 0 unspecified atom stereocenters. The highest BCUT2D eigenvalue weighted by Crippen LogP contribution is 2.16. The molecule has 1 aliphatic heterocycles. The van der Waals surface area contributed by atoms with Crippen molar-refractivity contribution in [2.75, 3.05) is 44.7 Å². The first-order chi connectivity index (χ1) is 15.5. The number of hydrogen-bond acceptors (Lipinski definition) is 4. The molecule has 2 aromatic carbocycles. The molecule has 1 saturated heterocycles. The van der Waals surface area contributed by atoms with Crippen LogP contribution in [0, 0.1) is 13.8 Å². The third-order valence-corrected chi connectivity index (χ3v) is 6.18. The molecule has 0 radical (unpaired) electrons. The van der Waals surface area contributed by atoms with Gasteiger partial charge in [0.15, 0.2) is 5.11 Å². The van der Waals surface area contributed by atoms with Gasteiger partial charge in [-0.3, -0.25) is 9.69 Å². The minimum absolute atomic E-state index is 0.0733. The maximum Gasteiger partial charge on any atom is 0.253 e. The summed E-state index contributed by atoms with van der Waals surface area (Å²) in [6.07, 6.45) is 0. The van der Waals surface area contributed by atoms with E-state index in [0.717, 1.165) is 61.5 Å². The summed E-state index contributed by atoms with van der Waals surface area (Å²) in [6, 6.07) is 16.2. The van der Waals surface area contributed by atoms with Crippen LogP contribution in [0.3, 0.4) is 0 Å². The second-order valence-electron chi connectivity index (χ2n) is 8.39. The van der Waals surface area contributed by atoms with Crippen molar-refractivity contribution in [1.82, 2.24) is 14.8 Å². The van der Waals surface area contributed by atoms with Crippen molar-refractivity contribution in [1.29, 1.82) is 0 Å². The smallest absolute Gasteiger partial charge is 0.253 e. The van der Waals surface area contributed by atoms with Gasteiger partial charge in [0.2, 0.25) is 0 Å². The van der Waals surface area contributed by atoms with Crippen LogP contribution >= 0.6 is 12.2 Å². The Morgan fingerprint density at radius 3 is 2.56 bits per heavy atom. The zero-order valence-electron chi connectivity index (χ0n) is 18.7. The van der Waals surface area contributed by atoms with Crippen LogP contribution in [0.25, 0.3) is 10.9 Å². The van der Waals surface area contributed by atoms with E-state index in [1.54, 1.807) is 0 Å². The quantitative estimate of drug-likeness (QED) is 0.559. The number of aromatic amines is 1. The van der Waals surface area contributed by atoms with Crippen LogP contribution in [-0.4, -0.2) is 59.3 Å². The molecule has 1 fully saturated rings. The van der Waals surface area contributed by atoms with Gasteiger partial charge in [-0.05, 0) is 61.8 Å². The molecule has 3 aromatic rings. The fraction of sp³-hybridized carbons (Fsp3) is 0.360. The summed E-state index contributed by atoms with van der Waals surface area (Å²) < 4.78 is 5.47. The zero-order chi connectivity index (χ0) is 22.5. The average molecular weight is 451 g/mol. The molecule has 0 atom stereocenters. The number of rotatable bonds is 6. The summed E-state index contributed by atoms with van der Waals surface area (Å²) in [5.41, 5.74) is 4.79. The lowest BCUT2D eigenvalue weighted by Gasteiger charge is -2.31. The van der Waals surface area contributed by atoms with Crippen LogP contribution in [0.1, 0.15) is 16.7 Å². The topological polar surface area (TPSA) is 60.6 Å². The maximum atomic E-state index is 12.8. The third-order valence-electron chi connectivity index (χ3n) is 5.82. The Morgan fingerprint density at radius 2 is 1.81 bits per heavy atom. The van der Waals surface area contributed by atoms with E-state index in [1.165, 1.54) is 5.56 Å². The molecule has 0 saturated carbocycles. The zero-order valence-corrected chi connectivity index (χ0v) is 19.5. The Kier molecular flexibility index (Phi) is 7.19. The van der Waals surface area contributed by atoms with Crippen molar-refractivity contribution < 1.29 is 4.74 Å². The summed E-state index contributed by atoms with van der Waals surface area (Å²) in [4.78, 5) is 20.3. The maximum absolute atomic E-state index is 12.8. The summed E-state index contributed by atoms with van der Waals surface area (Å²) in [5, 5.41) is 4.99. The third kappa shape index (κ3) is 5.73. The SMILES string of the molecule is Cc1ccc(NC(=S)N(CCN2CCOCC2)Cc2cc3cc(C)ccc3[nH]c2=O)cc1. The second-order valence-corrected chi connectivity index (χ2v) is 8.77. The molecule has 168 valence electrons. The Bertz CT molecular complexity index is 1140. The van der Waals surface area contributed by atoms with E-state index in [-0.39, 0.29) is 5.56 Å². The fourth-order valence-corrected chi connectivity index (χ4v) is 4.15. The number of pyridine rings is 1. The number of hydrogen-bond donors (Lipinski definition) is 2. The van der Waals surface area contributed by atoms with E-state index in [0.29, 0.717) is 17.2 Å². The number of nitrogens with one attached hydrogen (secondary N) is 2. The molecule has 6 nitrogen and oxygen atoms in total. The number of aryl methyl sites for hydroxylation is 2. The standard InChI is InChI=1S/C25H30N4O2S/c1-18-3-6-22(7-4-18)26-25(32)29(10-9-28-11-13-31-14-12-28)17-21-16-20-15-19(2)5-8-23(20)27-24(21)30/h3-8,15-16H,9-14,17H2,1-2H3,(H,26,32)(H,27,30). The molecular formula is C25H30N4O2S. The molecular weight excluding hydrogens is 420 g/mol. The molecule has 0 amide bonds. The Balaban J connectivity index is 1.55. The van der Waals surface area contributed by atoms with Crippen LogP contribution in [-0.2, 0) is 11.3 Å². The molecule has 1 aliphatic rings. The number of nitrogens with zero attached hydrogens (tertiary/aromatic N) is 2. The van der Waals surface area contributed by atoms with Crippen molar-refractivity contribution in [3.63, 3.8) is 0 Å². The van der Waals surface area contributed by atoms with Crippen molar-refractivity contribution in [2.24, 2.45) is 0 Å². The number of ether oxygens (including phenoxy) is 1. The Morgan fingerprint density at radius 1 is 1.09 bits per heavy atom. The molecule has 2 N–H and O–H groups in total. The van der Waals surface area contributed by atoms with Crippen LogP contribution in [0.5, 0.6) is 0 Å². The highest BCUT2D eigenvalue weighted by molar-refractivity contribution is 7.80. The van der Waals surface area contributed by atoms with Gasteiger partial charge in [-0.15, -0.1) is 0 Å². The predicted octanol–water partition coefficient (Wildman–Crippen LogP) is 3.68. The van der Waals surface area contributed by atoms with Gasteiger partial charge in [-0.2, -0.15) is 0 Å². The summed E-state index contributed by atoms with van der Waals surface area (Å²) in [6.45, 7) is 9.51. The van der Waals surface area contributed by atoms with E-state index in [1.807, 2.05) is 30.3 Å². The van der Waals surface area contributed by atoms with Gasteiger partial charge in [0.25, 0.3) is 5.56 Å². The van der Waals surface area contributed by atoms with Gasteiger partial charge in [0.05, 0.1) is 19.8 Å². The van der Waals surface area contributed by atoms with Gasteiger partial charge >= 0.3 is 0 Å². The molecule has 0 bridgehead atoms. The van der Waals surface area contributed by atoms with Crippen LogP contribution in [0.2, 0.25) is 0 Å². The number of fused-ring (bicyclic) bond motifs is 1. The van der Waals surface area contributed by atoms with Crippen molar-refractivity contribution in [3.05, 3.63) is 75.6 Å². The van der Waals surface area contributed by atoms with Gasteiger partial charge in [0.1, 0.15) is 0 Å². The van der Waals surface area contributed by atoms with Gasteiger partial charge in [-0.25, -0.2) is 0 Å². The summed E-state index contributed by atoms with van der Waals surface area (Å²) in [7, 11) is 0. The second kappa shape index (κ2) is 10.3. The van der Waals surface area contributed by atoms with E-state index in [2.05, 4.69) is 52.1 Å². The van der Waals surface area contributed by atoms with E-state index in [4.69, 9.17) is 17.0 Å². The highest BCUT2D eigenvalue weighted by Gasteiger charge is 2.17. The molecule has 4 rings (SSSR count). The number of benzene rings is 2.